The minimum atomic E-state index is -3.06. The highest BCUT2D eigenvalue weighted by atomic mass is 35.5. The number of unbranched alkanes of at least 4 members (excludes halogenated alkanes) is 1. The summed E-state index contributed by atoms with van der Waals surface area (Å²) in [5.74, 6) is 1.26. The molecule has 16 heavy (non-hydrogen) atoms. The maximum Gasteiger partial charge on any atom is 0.214 e. The van der Waals surface area contributed by atoms with Crippen LogP contribution >= 0.6 is 11.6 Å². The van der Waals surface area contributed by atoms with Crippen LogP contribution in [0.5, 0.6) is 0 Å². The largest absolute Gasteiger partial charge is 0.214 e. The SMILES string of the molecule is CC1CCCN(S(=O)(=O)CCCCCl)C1C. The highest BCUT2D eigenvalue weighted by Crippen LogP contribution is 2.25. The molecular weight excluding hydrogens is 246 g/mol. The smallest absolute Gasteiger partial charge is 0.212 e. The van der Waals surface area contributed by atoms with Crippen LogP contribution in [-0.4, -0.2) is 36.9 Å². The fourth-order valence-corrected chi connectivity index (χ4v) is 4.30. The van der Waals surface area contributed by atoms with Crippen LogP contribution < -0.4 is 0 Å². The third-order valence-electron chi connectivity index (χ3n) is 3.46. The molecule has 0 radical (unpaired) electrons. The van der Waals surface area contributed by atoms with E-state index < -0.39 is 10.0 Å². The van der Waals surface area contributed by atoms with Gasteiger partial charge in [-0.25, -0.2) is 8.42 Å². The van der Waals surface area contributed by atoms with Crippen LogP contribution in [-0.2, 0) is 10.0 Å². The summed E-state index contributed by atoms with van der Waals surface area (Å²) in [6.45, 7) is 4.84. The predicted octanol–water partition coefficient (Wildman–Crippen LogP) is 2.46. The zero-order chi connectivity index (χ0) is 12.2. The van der Waals surface area contributed by atoms with Crippen molar-refractivity contribution >= 4 is 21.6 Å². The minimum Gasteiger partial charge on any atom is -0.212 e. The van der Waals surface area contributed by atoms with E-state index in [9.17, 15) is 8.42 Å². The second kappa shape index (κ2) is 6.22. The third-order valence-corrected chi connectivity index (χ3v) is 5.76. The molecule has 2 atom stereocenters. The van der Waals surface area contributed by atoms with E-state index in [2.05, 4.69) is 6.92 Å². The van der Waals surface area contributed by atoms with Crippen LogP contribution in [0.2, 0.25) is 0 Å². The molecule has 1 aliphatic heterocycles. The molecule has 1 heterocycles. The van der Waals surface area contributed by atoms with Gasteiger partial charge < -0.3 is 0 Å². The molecule has 96 valence electrons. The van der Waals surface area contributed by atoms with E-state index in [0.717, 1.165) is 19.3 Å². The van der Waals surface area contributed by atoms with Gasteiger partial charge in [0.05, 0.1) is 5.75 Å². The molecule has 1 aliphatic rings. The van der Waals surface area contributed by atoms with Gasteiger partial charge in [-0.3, -0.25) is 0 Å². The Morgan fingerprint density at radius 3 is 2.62 bits per heavy atom. The van der Waals surface area contributed by atoms with Crippen LogP contribution in [0.25, 0.3) is 0 Å². The zero-order valence-electron chi connectivity index (χ0n) is 10.2. The van der Waals surface area contributed by atoms with Gasteiger partial charge >= 0.3 is 0 Å². The first-order chi connectivity index (χ1) is 7.49. The van der Waals surface area contributed by atoms with Crippen LogP contribution in [0, 0.1) is 5.92 Å². The molecule has 0 N–H and O–H groups in total. The Morgan fingerprint density at radius 1 is 1.31 bits per heavy atom. The normalized spacial score (nSPS) is 28.2. The fourth-order valence-electron chi connectivity index (χ4n) is 2.19. The number of hydrogen-bond acceptors (Lipinski definition) is 2. The lowest BCUT2D eigenvalue weighted by Crippen LogP contribution is -2.46. The van der Waals surface area contributed by atoms with Gasteiger partial charge in [-0.1, -0.05) is 6.92 Å². The van der Waals surface area contributed by atoms with Crippen molar-refractivity contribution in [3.05, 3.63) is 0 Å². The topological polar surface area (TPSA) is 37.4 Å². The molecule has 0 amide bonds. The fraction of sp³-hybridized carbons (Fsp3) is 1.00. The maximum absolute atomic E-state index is 12.1. The summed E-state index contributed by atoms with van der Waals surface area (Å²) in [5, 5.41) is 0. The monoisotopic (exact) mass is 267 g/mol. The first-order valence-corrected chi connectivity index (χ1v) is 8.19. The molecule has 5 heteroatoms. The summed E-state index contributed by atoms with van der Waals surface area (Å²) < 4.78 is 25.9. The van der Waals surface area contributed by atoms with Crippen molar-refractivity contribution in [2.45, 2.75) is 45.6 Å². The molecule has 0 aromatic heterocycles. The summed E-state index contributed by atoms with van der Waals surface area (Å²) in [7, 11) is -3.06. The van der Waals surface area contributed by atoms with Gasteiger partial charge in [-0.05, 0) is 38.5 Å². The molecule has 0 aromatic carbocycles. The van der Waals surface area contributed by atoms with E-state index >= 15 is 0 Å². The van der Waals surface area contributed by atoms with Gasteiger partial charge in [0.25, 0.3) is 0 Å². The maximum atomic E-state index is 12.1. The average Bonchev–Trinajstić information content (AvgIpc) is 2.22. The number of alkyl halides is 1. The van der Waals surface area contributed by atoms with Crippen molar-refractivity contribution in [2.24, 2.45) is 5.92 Å². The van der Waals surface area contributed by atoms with Gasteiger partial charge in [0.2, 0.25) is 10.0 Å². The van der Waals surface area contributed by atoms with Gasteiger partial charge in [-0.2, -0.15) is 4.31 Å². The van der Waals surface area contributed by atoms with Gasteiger partial charge in [0, 0.05) is 18.5 Å². The highest BCUT2D eigenvalue weighted by molar-refractivity contribution is 7.89. The quantitative estimate of drug-likeness (QED) is 0.567. The second-order valence-corrected chi connectivity index (χ2v) is 7.10. The van der Waals surface area contributed by atoms with E-state index in [0.29, 0.717) is 24.8 Å². The molecule has 2 unspecified atom stereocenters. The highest BCUT2D eigenvalue weighted by Gasteiger charge is 2.32. The summed E-state index contributed by atoms with van der Waals surface area (Å²) in [5.41, 5.74) is 0. The van der Waals surface area contributed by atoms with Crippen LogP contribution in [0.1, 0.15) is 39.5 Å². The number of hydrogen-bond donors (Lipinski definition) is 0. The van der Waals surface area contributed by atoms with Crippen molar-refractivity contribution in [3.63, 3.8) is 0 Å². The number of nitrogens with zero attached hydrogens (tertiary/aromatic N) is 1. The van der Waals surface area contributed by atoms with Crippen LogP contribution in [0.3, 0.4) is 0 Å². The lowest BCUT2D eigenvalue weighted by atomic mass is 9.94. The lowest BCUT2D eigenvalue weighted by Gasteiger charge is -2.36. The van der Waals surface area contributed by atoms with Gasteiger partial charge in [0.1, 0.15) is 0 Å². The number of piperidine rings is 1. The van der Waals surface area contributed by atoms with E-state index in [1.165, 1.54) is 0 Å². The number of rotatable bonds is 5. The molecular formula is C11H22ClNO2S. The molecule has 0 spiro atoms. The Morgan fingerprint density at radius 2 is 2.00 bits per heavy atom. The molecule has 0 aromatic rings. The van der Waals surface area contributed by atoms with Crippen molar-refractivity contribution in [1.82, 2.24) is 4.31 Å². The Kier molecular flexibility index (Phi) is 5.54. The minimum absolute atomic E-state index is 0.148. The summed E-state index contributed by atoms with van der Waals surface area (Å²) >= 11 is 5.56. The summed E-state index contributed by atoms with van der Waals surface area (Å²) in [6, 6.07) is 0.148. The Bertz CT molecular complexity index is 305. The molecule has 0 saturated carbocycles. The molecule has 1 rings (SSSR count). The van der Waals surface area contributed by atoms with Crippen molar-refractivity contribution in [2.75, 3.05) is 18.2 Å². The first-order valence-electron chi connectivity index (χ1n) is 6.04. The Balaban J connectivity index is 2.59. The van der Waals surface area contributed by atoms with E-state index in [1.54, 1.807) is 4.31 Å². The van der Waals surface area contributed by atoms with Crippen molar-refractivity contribution in [3.8, 4) is 0 Å². The molecule has 0 bridgehead atoms. The number of halogens is 1. The van der Waals surface area contributed by atoms with Gasteiger partial charge in [-0.15, -0.1) is 11.6 Å². The average molecular weight is 268 g/mol. The Hall–Kier alpha value is 0.200. The van der Waals surface area contributed by atoms with Crippen LogP contribution in [0.15, 0.2) is 0 Å². The second-order valence-electron chi connectivity index (χ2n) is 4.68. The van der Waals surface area contributed by atoms with Gasteiger partial charge in [0.15, 0.2) is 0 Å². The Labute approximate surface area is 104 Å². The van der Waals surface area contributed by atoms with Crippen molar-refractivity contribution < 1.29 is 8.42 Å². The van der Waals surface area contributed by atoms with Crippen LogP contribution in [0.4, 0.5) is 0 Å². The van der Waals surface area contributed by atoms with E-state index in [-0.39, 0.29) is 11.8 Å². The van der Waals surface area contributed by atoms with E-state index in [4.69, 9.17) is 11.6 Å². The third kappa shape index (κ3) is 3.60. The van der Waals surface area contributed by atoms with Crippen molar-refractivity contribution in [1.29, 1.82) is 0 Å². The van der Waals surface area contributed by atoms with E-state index in [1.807, 2.05) is 6.92 Å². The predicted molar refractivity (Wildman–Crippen MR) is 68.3 cm³/mol. The summed E-state index contributed by atoms with van der Waals surface area (Å²) in [6.07, 6.45) is 3.57. The number of sulfonamides is 1. The molecule has 1 fully saturated rings. The molecule has 0 aliphatic carbocycles. The zero-order valence-corrected chi connectivity index (χ0v) is 11.7. The standard InChI is InChI=1S/C11H22ClNO2S/c1-10-6-5-8-13(11(10)2)16(14,15)9-4-3-7-12/h10-11H,3-9H2,1-2H3. The first kappa shape index (κ1) is 14.3. The molecule has 3 nitrogen and oxygen atoms in total. The summed E-state index contributed by atoms with van der Waals surface area (Å²) in [4.78, 5) is 0. The molecule has 1 saturated heterocycles. The lowest BCUT2D eigenvalue weighted by molar-refractivity contribution is 0.202.